The molecule has 2 fully saturated rings. The number of hydrogen-bond acceptors (Lipinski definition) is 5. The van der Waals surface area contributed by atoms with Gasteiger partial charge in [-0.25, -0.2) is 4.79 Å². The summed E-state index contributed by atoms with van der Waals surface area (Å²) in [6, 6.07) is 9.05. The molecule has 0 radical (unpaired) electrons. The molecule has 1 aromatic heterocycles. The van der Waals surface area contributed by atoms with Crippen molar-refractivity contribution in [1.29, 1.82) is 0 Å². The van der Waals surface area contributed by atoms with Crippen molar-refractivity contribution in [3.05, 3.63) is 36.2 Å². The van der Waals surface area contributed by atoms with E-state index in [-0.39, 0.29) is 18.5 Å². The number of para-hydroxylation sites is 1. The Kier molecular flexibility index (Phi) is 3.74. The molecule has 8 heteroatoms. The number of carbonyl (C=O) groups excluding carboxylic acids is 2. The first kappa shape index (κ1) is 15.7. The van der Waals surface area contributed by atoms with Crippen molar-refractivity contribution < 1.29 is 9.59 Å². The van der Waals surface area contributed by atoms with Crippen molar-refractivity contribution in [2.24, 2.45) is 5.92 Å². The summed E-state index contributed by atoms with van der Waals surface area (Å²) in [5, 5.41) is 14.6. The molecule has 25 heavy (non-hydrogen) atoms. The van der Waals surface area contributed by atoms with Gasteiger partial charge < -0.3 is 5.32 Å². The van der Waals surface area contributed by atoms with Crippen LogP contribution in [-0.2, 0) is 11.3 Å². The van der Waals surface area contributed by atoms with Crippen molar-refractivity contribution in [2.45, 2.75) is 44.7 Å². The Balaban J connectivity index is 1.57. The van der Waals surface area contributed by atoms with Crippen LogP contribution in [0, 0.1) is 5.92 Å². The lowest BCUT2D eigenvalue weighted by Gasteiger charge is -2.33. The van der Waals surface area contributed by atoms with Crippen molar-refractivity contribution in [3.8, 4) is 5.69 Å². The fourth-order valence-corrected chi connectivity index (χ4v) is 3.63. The van der Waals surface area contributed by atoms with Gasteiger partial charge in [0.15, 0.2) is 5.82 Å². The van der Waals surface area contributed by atoms with E-state index in [2.05, 4.69) is 27.8 Å². The van der Waals surface area contributed by atoms with E-state index in [0.29, 0.717) is 24.6 Å². The molecule has 0 bridgehead atoms. The van der Waals surface area contributed by atoms with Gasteiger partial charge in [0.1, 0.15) is 5.54 Å². The second-order valence-electron chi connectivity index (χ2n) is 6.93. The van der Waals surface area contributed by atoms with Gasteiger partial charge >= 0.3 is 6.03 Å². The highest BCUT2D eigenvalue weighted by Gasteiger charge is 2.52. The molecule has 2 aliphatic rings. The minimum absolute atomic E-state index is 0.0594. The number of carbonyl (C=O) groups is 2. The number of rotatable bonds is 3. The maximum absolute atomic E-state index is 12.9. The minimum atomic E-state index is -0.741. The summed E-state index contributed by atoms with van der Waals surface area (Å²) in [5.74, 6) is 0.887. The van der Waals surface area contributed by atoms with E-state index in [9.17, 15) is 9.59 Å². The predicted molar refractivity (Wildman–Crippen MR) is 88.6 cm³/mol. The minimum Gasteiger partial charge on any atom is -0.323 e. The first-order valence-corrected chi connectivity index (χ1v) is 8.56. The summed E-state index contributed by atoms with van der Waals surface area (Å²) in [7, 11) is 0. The zero-order valence-corrected chi connectivity index (χ0v) is 14.1. The molecule has 1 N–H and O–H groups in total. The highest BCUT2D eigenvalue weighted by atomic mass is 16.2. The van der Waals surface area contributed by atoms with Crippen LogP contribution in [0.1, 0.15) is 38.4 Å². The number of imide groups is 1. The average Bonchev–Trinajstić information content (AvgIpc) is 3.18. The van der Waals surface area contributed by atoms with Crippen LogP contribution in [-0.4, -0.2) is 42.6 Å². The third-order valence-electron chi connectivity index (χ3n) is 5.21. The summed E-state index contributed by atoms with van der Waals surface area (Å²) in [6.07, 6.45) is 3.28. The standard InChI is InChI=1S/C17H20N6O2/c1-12-7-9-17(10-8-12)15(24)22(16(25)18-17)11-14-19-20-21-23(14)13-5-3-2-4-6-13/h2-6,12H,7-11H2,1H3,(H,18,25). The molecule has 1 saturated carbocycles. The van der Waals surface area contributed by atoms with Crippen molar-refractivity contribution >= 4 is 11.9 Å². The van der Waals surface area contributed by atoms with E-state index in [4.69, 9.17) is 0 Å². The third kappa shape index (κ3) is 2.67. The molecular formula is C17H20N6O2. The Hall–Kier alpha value is -2.77. The smallest absolute Gasteiger partial charge is 0.323 e. The van der Waals surface area contributed by atoms with E-state index in [1.165, 1.54) is 4.90 Å². The molecule has 2 heterocycles. The monoisotopic (exact) mass is 340 g/mol. The summed E-state index contributed by atoms with van der Waals surface area (Å²) in [5.41, 5.74) is 0.0463. The maximum Gasteiger partial charge on any atom is 0.325 e. The first-order valence-electron chi connectivity index (χ1n) is 8.56. The number of aromatic nitrogens is 4. The lowest BCUT2D eigenvalue weighted by molar-refractivity contribution is -0.133. The van der Waals surface area contributed by atoms with Gasteiger partial charge in [0, 0.05) is 0 Å². The number of nitrogens with one attached hydrogen (secondary N) is 1. The first-order chi connectivity index (χ1) is 12.1. The number of amides is 3. The molecule has 2 aromatic rings. The quantitative estimate of drug-likeness (QED) is 0.858. The van der Waals surface area contributed by atoms with Crippen LogP contribution in [0.25, 0.3) is 5.69 Å². The molecule has 0 atom stereocenters. The fourth-order valence-electron chi connectivity index (χ4n) is 3.63. The summed E-state index contributed by atoms with van der Waals surface area (Å²) < 4.78 is 1.55. The zero-order valence-electron chi connectivity index (χ0n) is 14.1. The Morgan fingerprint density at radius 3 is 2.64 bits per heavy atom. The van der Waals surface area contributed by atoms with Gasteiger partial charge in [0.25, 0.3) is 5.91 Å². The lowest BCUT2D eigenvalue weighted by atomic mass is 9.77. The molecule has 8 nitrogen and oxygen atoms in total. The van der Waals surface area contributed by atoms with Gasteiger partial charge in [-0.3, -0.25) is 9.69 Å². The molecule has 1 aromatic carbocycles. The Morgan fingerprint density at radius 2 is 1.92 bits per heavy atom. The normalized spacial score (nSPS) is 26.3. The van der Waals surface area contributed by atoms with Gasteiger partial charge in [0.05, 0.1) is 12.2 Å². The van der Waals surface area contributed by atoms with E-state index < -0.39 is 5.54 Å². The summed E-state index contributed by atoms with van der Waals surface area (Å²) in [6.45, 7) is 2.24. The topological polar surface area (TPSA) is 93.0 Å². The van der Waals surface area contributed by atoms with Gasteiger partial charge in [-0.05, 0) is 54.2 Å². The van der Waals surface area contributed by atoms with Gasteiger partial charge in [0.2, 0.25) is 0 Å². The van der Waals surface area contributed by atoms with Crippen LogP contribution < -0.4 is 5.32 Å². The SMILES string of the molecule is CC1CCC2(CC1)NC(=O)N(Cc1nnnn1-c1ccccc1)C2=O. The maximum atomic E-state index is 12.9. The highest BCUT2D eigenvalue weighted by Crippen LogP contribution is 2.36. The number of benzene rings is 1. The molecule has 1 spiro atoms. The predicted octanol–water partition coefficient (Wildman–Crippen LogP) is 1.66. The molecule has 130 valence electrons. The number of nitrogens with zero attached hydrogens (tertiary/aromatic N) is 5. The fraction of sp³-hybridized carbons (Fsp3) is 0.471. The summed E-state index contributed by atoms with van der Waals surface area (Å²) >= 11 is 0. The Labute approximate surface area is 145 Å². The Morgan fingerprint density at radius 1 is 1.20 bits per heavy atom. The van der Waals surface area contributed by atoms with E-state index in [1.54, 1.807) is 4.68 Å². The molecule has 3 amide bonds. The van der Waals surface area contributed by atoms with Crippen molar-refractivity contribution in [3.63, 3.8) is 0 Å². The Bertz CT molecular complexity index is 794. The van der Waals surface area contributed by atoms with Crippen LogP contribution in [0.5, 0.6) is 0 Å². The second-order valence-corrected chi connectivity index (χ2v) is 6.93. The van der Waals surface area contributed by atoms with Crippen LogP contribution in [0.4, 0.5) is 4.79 Å². The van der Waals surface area contributed by atoms with Crippen LogP contribution in [0.2, 0.25) is 0 Å². The summed E-state index contributed by atoms with van der Waals surface area (Å²) in [4.78, 5) is 26.6. The van der Waals surface area contributed by atoms with E-state index >= 15 is 0 Å². The van der Waals surface area contributed by atoms with Gasteiger partial charge in [-0.15, -0.1) is 5.10 Å². The van der Waals surface area contributed by atoms with E-state index in [1.807, 2.05) is 30.3 Å². The van der Waals surface area contributed by atoms with Crippen LogP contribution in [0.15, 0.2) is 30.3 Å². The molecule has 1 aliphatic heterocycles. The van der Waals surface area contributed by atoms with E-state index in [0.717, 1.165) is 18.5 Å². The van der Waals surface area contributed by atoms with Gasteiger partial charge in [-0.1, -0.05) is 25.1 Å². The number of hydrogen-bond donors (Lipinski definition) is 1. The number of tetrazole rings is 1. The van der Waals surface area contributed by atoms with Crippen LogP contribution in [0.3, 0.4) is 0 Å². The average molecular weight is 340 g/mol. The van der Waals surface area contributed by atoms with Crippen molar-refractivity contribution in [2.75, 3.05) is 0 Å². The molecule has 4 rings (SSSR count). The lowest BCUT2D eigenvalue weighted by Crippen LogP contribution is -2.49. The number of urea groups is 1. The third-order valence-corrected chi connectivity index (χ3v) is 5.21. The highest BCUT2D eigenvalue weighted by molar-refractivity contribution is 6.07. The zero-order chi connectivity index (χ0) is 17.4. The molecule has 1 aliphatic carbocycles. The van der Waals surface area contributed by atoms with Crippen molar-refractivity contribution in [1.82, 2.24) is 30.4 Å². The molecular weight excluding hydrogens is 320 g/mol. The van der Waals surface area contributed by atoms with Gasteiger partial charge in [-0.2, -0.15) is 4.68 Å². The molecule has 1 saturated heterocycles. The van der Waals surface area contributed by atoms with Crippen LogP contribution >= 0.6 is 0 Å². The second kappa shape index (κ2) is 5.94. The molecule has 0 unspecified atom stereocenters. The largest absolute Gasteiger partial charge is 0.325 e.